The Hall–Kier alpha value is -2.66. The third-order valence-electron chi connectivity index (χ3n) is 3.31. The number of hydrogen-bond acceptors (Lipinski definition) is 3. The van der Waals surface area contributed by atoms with Gasteiger partial charge in [0.05, 0.1) is 5.02 Å². The molecule has 3 rings (SSSR count). The molecule has 3 aromatic rings. The molecule has 0 unspecified atom stereocenters. The van der Waals surface area contributed by atoms with Gasteiger partial charge in [-0.2, -0.15) is 0 Å². The van der Waals surface area contributed by atoms with Gasteiger partial charge in [0.25, 0.3) is 5.91 Å². The Morgan fingerprint density at radius 1 is 1.17 bits per heavy atom. The average Bonchev–Trinajstić information content (AvgIpc) is 2.50. The fourth-order valence-electron chi connectivity index (χ4n) is 2.17. The van der Waals surface area contributed by atoms with Crippen molar-refractivity contribution in [2.75, 3.05) is 5.32 Å². The Balaban J connectivity index is 1.98. The fourth-order valence-corrected chi connectivity index (χ4v) is 2.35. The molecule has 0 fully saturated rings. The van der Waals surface area contributed by atoms with Crippen LogP contribution in [0, 0.1) is 12.7 Å². The molecule has 4 nitrogen and oxygen atoms in total. The van der Waals surface area contributed by atoms with Crippen LogP contribution >= 0.6 is 11.6 Å². The predicted molar refractivity (Wildman–Crippen MR) is 86.6 cm³/mol. The topological polar surface area (TPSA) is 59.3 Å². The highest BCUT2D eigenvalue weighted by Crippen LogP contribution is 2.20. The van der Waals surface area contributed by atoms with Gasteiger partial charge >= 0.3 is 5.63 Å². The van der Waals surface area contributed by atoms with Crippen LogP contribution in [0.1, 0.15) is 15.9 Å². The third-order valence-corrected chi connectivity index (χ3v) is 3.60. The van der Waals surface area contributed by atoms with Crippen molar-refractivity contribution in [3.8, 4) is 0 Å². The van der Waals surface area contributed by atoms with E-state index in [1.165, 1.54) is 18.2 Å². The molecule has 6 heteroatoms. The molecule has 116 valence electrons. The first-order chi connectivity index (χ1) is 10.9. The van der Waals surface area contributed by atoms with Gasteiger partial charge in [0, 0.05) is 11.1 Å². The van der Waals surface area contributed by atoms with Crippen LogP contribution in [0.4, 0.5) is 10.1 Å². The molecule has 0 spiro atoms. The summed E-state index contributed by atoms with van der Waals surface area (Å²) in [6, 6.07) is 10.5. The second-order valence-corrected chi connectivity index (χ2v) is 5.48. The summed E-state index contributed by atoms with van der Waals surface area (Å²) in [5, 5.41) is 3.02. The molecule has 1 amide bonds. The second-order valence-electron chi connectivity index (χ2n) is 5.07. The SMILES string of the molecule is Cc1ccc2oc(=O)c(C(=O)Nc3ccc(F)c(Cl)c3)cc2c1. The largest absolute Gasteiger partial charge is 0.422 e. The number of aryl methyl sites for hydroxylation is 1. The van der Waals surface area contributed by atoms with Gasteiger partial charge in [0.15, 0.2) is 0 Å². The van der Waals surface area contributed by atoms with Gasteiger partial charge in [-0.05, 0) is 43.3 Å². The minimum Gasteiger partial charge on any atom is -0.422 e. The highest BCUT2D eigenvalue weighted by molar-refractivity contribution is 6.31. The molecule has 0 bridgehead atoms. The first-order valence-corrected chi connectivity index (χ1v) is 7.13. The first-order valence-electron chi connectivity index (χ1n) is 6.75. The normalized spacial score (nSPS) is 10.7. The minimum atomic E-state index is -0.743. The molecule has 0 aliphatic carbocycles. The number of carbonyl (C=O) groups is 1. The number of halogens is 2. The maximum atomic E-state index is 13.1. The molecular weight excluding hydrogens is 321 g/mol. The van der Waals surface area contributed by atoms with E-state index in [0.29, 0.717) is 11.0 Å². The zero-order valence-electron chi connectivity index (χ0n) is 12.0. The van der Waals surface area contributed by atoms with Crippen LogP contribution < -0.4 is 10.9 Å². The highest BCUT2D eigenvalue weighted by atomic mass is 35.5. The molecule has 0 atom stereocenters. The monoisotopic (exact) mass is 331 g/mol. The second kappa shape index (κ2) is 5.85. The van der Waals surface area contributed by atoms with Crippen molar-refractivity contribution in [1.29, 1.82) is 0 Å². The Morgan fingerprint density at radius 2 is 1.96 bits per heavy atom. The number of anilines is 1. The van der Waals surface area contributed by atoms with E-state index in [2.05, 4.69) is 5.32 Å². The number of hydrogen-bond donors (Lipinski definition) is 1. The number of benzene rings is 2. The molecule has 1 heterocycles. The number of rotatable bonds is 2. The van der Waals surface area contributed by atoms with E-state index in [1.54, 1.807) is 6.07 Å². The van der Waals surface area contributed by atoms with Crippen molar-refractivity contribution in [3.05, 3.63) is 74.9 Å². The van der Waals surface area contributed by atoms with Crippen molar-refractivity contribution in [3.63, 3.8) is 0 Å². The number of carbonyl (C=O) groups excluding carboxylic acids is 1. The van der Waals surface area contributed by atoms with Crippen LogP contribution in [0.25, 0.3) is 11.0 Å². The average molecular weight is 332 g/mol. The van der Waals surface area contributed by atoms with Crippen molar-refractivity contribution in [2.45, 2.75) is 6.92 Å². The van der Waals surface area contributed by atoms with E-state index in [-0.39, 0.29) is 16.3 Å². The van der Waals surface area contributed by atoms with Gasteiger partial charge in [-0.3, -0.25) is 4.79 Å². The summed E-state index contributed by atoms with van der Waals surface area (Å²) in [7, 11) is 0. The zero-order valence-corrected chi connectivity index (χ0v) is 12.8. The molecule has 1 aromatic heterocycles. The van der Waals surface area contributed by atoms with Gasteiger partial charge in [-0.1, -0.05) is 23.2 Å². The van der Waals surface area contributed by atoms with Crippen LogP contribution in [-0.4, -0.2) is 5.91 Å². The third kappa shape index (κ3) is 3.10. The molecule has 0 radical (unpaired) electrons. The lowest BCUT2D eigenvalue weighted by Gasteiger charge is -2.06. The van der Waals surface area contributed by atoms with E-state index in [0.717, 1.165) is 11.6 Å². The Kier molecular flexibility index (Phi) is 3.88. The quantitative estimate of drug-likeness (QED) is 0.718. The van der Waals surface area contributed by atoms with Crippen LogP contribution in [-0.2, 0) is 0 Å². The molecule has 0 aliphatic rings. The summed E-state index contributed by atoms with van der Waals surface area (Å²) in [5.41, 5.74) is 0.783. The molecule has 23 heavy (non-hydrogen) atoms. The summed E-state index contributed by atoms with van der Waals surface area (Å²) >= 11 is 5.66. The number of nitrogens with one attached hydrogen (secondary N) is 1. The highest BCUT2D eigenvalue weighted by Gasteiger charge is 2.14. The van der Waals surface area contributed by atoms with E-state index >= 15 is 0 Å². The Bertz CT molecular complexity index is 981. The number of amides is 1. The molecule has 0 aliphatic heterocycles. The summed E-state index contributed by atoms with van der Waals surface area (Å²) < 4.78 is 18.3. The zero-order chi connectivity index (χ0) is 16.6. The van der Waals surface area contributed by atoms with Crippen LogP contribution in [0.2, 0.25) is 5.02 Å². The van der Waals surface area contributed by atoms with Gasteiger partial charge < -0.3 is 9.73 Å². The van der Waals surface area contributed by atoms with Crippen LogP contribution in [0.3, 0.4) is 0 Å². The lowest BCUT2D eigenvalue weighted by molar-refractivity contribution is 0.102. The molecule has 0 saturated carbocycles. The summed E-state index contributed by atoms with van der Waals surface area (Å²) in [6.45, 7) is 1.89. The molecule has 0 saturated heterocycles. The fraction of sp³-hybridized carbons (Fsp3) is 0.0588. The Morgan fingerprint density at radius 3 is 2.70 bits per heavy atom. The van der Waals surface area contributed by atoms with Gasteiger partial charge in [-0.15, -0.1) is 0 Å². The first kappa shape index (κ1) is 15.2. The van der Waals surface area contributed by atoms with Gasteiger partial charge in [0.2, 0.25) is 0 Å². The van der Waals surface area contributed by atoms with Crippen LogP contribution in [0.15, 0.2) is 51.7 Å². The summed E-state index contributed by atoms with van der Waals surface area (Å²) in [5.74, 6) is -1.24. The van der Waals surface area contributed by atoms with E-state index in [1.807, 2.05) is 19.1 Å². The van der Waals surface area contributed by atoms with Crippen molar-refractivity contribution >= 4 is 34.2 Å². The van der Waals surface area contributed by atoms with Crippen molar-refractivity contribution in [1.82, 2.24) is 0 Å². The lowest BCUT2D eigenvalue weighted by Crippen LogP contribution is -2.20. The Labute approximate surface area is 135 Å². The summed E-state index contributed by atoms with van der Waals surface area (Å²) in [4.78, 5) is 24.2. The predicted octanol–water partition coefficient (Wildman–Crippen LogP) is 4.15. The standard InChI is InChI=1S/C17H11ClFNO3/c1-9-2-5-15-10(6-9)7-12(17(22)23-15)16(21)20-11-3-4-14(19)13(18)8-11/h2-8H,1H3,(H,20,21). The molecular formula is C17H11ClFNO3. The van der Waals surface area contributed by atoms with Crippen LogP contribution in [0.5, 0.6) is 0 Å². The minimum absolute atomic E-state index is 0.121. The molecule has 1 N–H and O–H groups in total. The van der Waals surface area contributed by atoms with Crippen molar-refractivity contribution < 1.29 is 13.6 Å². The van der Waals surface area contributed by atoms with Gasteiger partial charge in [0.1, 0.15) is 17.0 Å². The maximum Gasteiger partial charge on any atom is 0.349 e. The maximum absolute atomic E-state index is 13.1. The van der Waals surface area contributed by atoms with E-state index in [4.69, 9.17) is 16.0 Å². The smallest absolute Gasteiger partial charge is 0.349 e. The van der Waals surface area contributed by atoms with E-state index in [9.17, 15) is 14.0 Å². The van der Waals surface area contributed by atoms with Gasteiger partial charge in [-0.25, -0.2) is 9.18 Å². The lowest BCUT2D eigenvalue weighted by atomic mass is 10.1. The number of fused-ring (bicyclic) bond motifs is 1. The van der Waals surface area contributed by atoms with Crippen molar-refractivity contribution in [2.24, 2.45) is 0 Å². The van der Waals surface area contributed by atoms with E-state index < -0.39 is 17.3 Å². The summed E-state index contributed by atoms with van der Waals surface area (Å²) in [6.07, 6.45) is 0. The molecule has 2 aromatic carbocycles.